The predicted molar refractivity (Wildman–Crippen MR) is 127 cm³/mol. The van der Waals surface area contributed by atoms with Crippen LogP contribution in [0.5, 0.6) is 0 Å². The lowest BCUT2D eigenvalue weighted by atomic mass is 10.1. The Bertz CT molecular complexity index is 1280. The first-order chi connectivity index (χ1) is 16.5. The molecule has 34 heavy (non-hydrogen) atoms. The van der Waals surface area contributed by atoms with Crippen molar-refractivity contribution in [3.8, 4) is 0 Å². The number of pyridine rings is 1. The second-order valence-corrected chi connectivity index (χ2v) is 9.40. The average molecular weight is 475 g/mol. The van der Waals surface area contributed by atoms with Crippen LogP contribution in [0.1, 0.15) is 60.4 Å². The van der Waals surface area contributed by atoms with Crippen LogP contribution in [0.15, 0.2) is 48.8 Å². The molecular formula is C25H22N4O4S. The summed E-state index contributed by atoms with van der Waals surface area (Å²) in [4.78, 5) is 57.9. The lowest BCUT2D eigenvalue weighted by molar-refractivity contribution is -0.119. The Morgan fingerprint density at radius 1 is 1.09 bits per heavy atom. The van der Waals surface area contributed by atoms with E-state index in [1.165, 1.54) is 18.3 Å². The number of carbonyl (C=O) groups is 4. The molecular weight excluding hydrogens is 452 g/mol. The van der Waals surface area contributed by atoms with E-state index >= 15 is 0 Å². The molecule has 0 spiro atoms. The Morgan fingerprint density at radius 3 is 2.50 bits per heavy atom. The predicted octanol–water partition coefficient (Wildman–Crippen LogP) is 3.19. The zero-order chi connectivity index (χ0) is 23.8. The third-order valence-corrected chi connectivity index (χ3v) is 7.36. The van der Waals surface area contributed by atoms with Gasteiger partial charge in [-0.1, -0.05) is 18.2 Å². The van der Waals surface area contributed by atoms with Gasteiger partial charge in [0.2, 0.25) is 5.91 Å². The Hall–Kier alpha value is -3.85. The molecule has 1 aliphatic carbocycles. The van der Waals surface area contributed by atoms with E-state index in [4.69, 9.17) is 0 Å². The molecule has 0 bridgehead atoms. The Labute approximate surface area is 200 Å². The van der Waals surface area contributed by atoms with Crippen LogP contribution < -0.4 is 10.6 Å². The maximum atomic E-state index is 13.1. The van der Waals surface area contributed by atoms with Gasteiger partial charge in [-0.3, -0.25) is 29.1 Å². The monoisotopic (exact) mass is 474 g/mol. The first kappa shape index (κ1) is 22.0. The van der Waals surface area contributed by atoms with Crippen LogP contribution in [0.4, 0.5) is 5.00 Å². The molecule has 2 aromatic heterocycles. The third kappa shape index (κ3) is 3.77. The van der Waals surface area contributed by atoms with Gasteiger partial charge in [0, 0.05) is 23.8 Å². The van der Waals surface area contributed by atoms with Crippen molar-refractivity contribution in [2.45, 2.75) is 38.8 Å². The molecule has 8 nitrogen and oxygen atoms in total. The molecule has 9 heteroatoms. The number of nitrogens with zero attached hydrogens (tertiary/aromatic N) is 2. The van der Waals surface area contributed by atoms with Crippen molar-refractivity contribution in [3.63, 3.8) is 0 Å². The van der Waals surface area contributed by atoms with Gasteiger partial charge in [0.25, 0.3) is 17.7 Å². The quantitative estimate of drug-likeness (QED) is 0.534. The fourth-order valence-corrected chi connectivity index (χ4v) is 5.69. The minimum absolute atomic E-state index is 0.271. The summed E-state index contributed by atoms with van der Waals surface area (Å²) >= 11 is 1.38. The summed E-state index contributed by atoms with van der Waals surface area (Å²) in [7, 11) is 0. The van der Waals surface area contributed by atoms with Crippen LogP contribution in [0.25, 0.3) is 0 Å². The summed E-state index contributed by atoms with van der Waals surface area (Å²) in [6.45, 7) is 1.83. The molecule has 3 heterocycles. The van der Waals surface area contributed by atoms with Gasteiger partial charge in [-0.2, -0.15) is 0 Å². The Kier molecular flexibility index (Phi) is 5.70. The SMILES string of the molecule is C[C@H](C(=O)Nc1sc2c(c1C(=O)NCc1cccnc1)CCC2)N1C(=O)c2ccccc2C1=O. The summed E-state index contributed by atoms with van der Waals surface area (Å²) in [6.07, 6.45) is 5.94. The molecule has 0 fully saturated rings. The van der Waals surface area contributed by atoms with Gasteiger partial charge >= 0.3 is 0 Å². The smallest absolute Gasteiger partial charge is 0.262 e. The maximum absolute atomic E-state index is 13.1. The minimum atomic E-state index is -1.03. The first-order valence-corrected chi connectivity index (χ1v) is 11.9. The van der Waals surface area contributed by atoms with Crippen LogP contribution >= 0.6 is 11.3 Å². The topological polar surface area (TPSA) is 108 Å². The molecule has 5 rings (SSSR count). The van der Waals surface area contributed by atoms with Crippen LogP contribution in [0.3, 0.4) is 0 Å². The second-order valence-electron chi connectivity index (χ2n) is 8.30. The third-order valence-electron chi connectivity index (χ3n) is 6.15. The molecule has 0 radical (unpaired) electrons. The van der Waals surface area contributed by atoms with Gasteiger partial charge in [-0.05, 0) is 55.5 Å². The highest BCUT2D eigenvalue weighted by molar-refractivity contribution is 7.17. The molecule has 2 N–H and O–H groups in total. The van der Waals surface area contributed by atoms with E-state index in [0.717, 1.165) is 40.2 Å². The van der Waals surface area contributed by atoms with Gasteiger partial charge in [0.05, 0.1) is 16.7 Å². The molecule has 1 atom stereocenters. The number of aromatic nitrogens is 1. The van der Waals surface area contributed by atoms with E-state index in [9.17, 15) is 19.2 Å². The number of hydrogen-bond acceptors (Lipinski definition) is 6. The molecule has 3 aromatic rings. The number of thiophene rings is 1. The fraction of sp³-hybridized carbons (Fsp3) is 0.240. The summed E-state index contributed by atoms with van der Waals surface area (Å²) < 4.78 is 0. The standard InChI is InChI=1S/C25H22N4O4S/c1-14(29-24(32)16-7-2-3-8-17(16)25(29)33)21(30)28-23-20(18-9-4-10-19(18)34-23)22(31)27-13-15-6-5-11-26-12-15/h2-3,5-8,11-12,14H,4,9-10,13H2,1H3,(H,27,31)(H,28,30)/t14-/m1/s1. The van der Waals surface area contributed by atoms with Crippen molar-refractivity contribution in [1.29, 1.82) is 0 Å². The van der Waals surface area contributed by atoms with Crippen molar-refractivity contribution >= 4 is 40.0 Å². The zero-order valence-corrected chi connectivity index (χ0v) is 19.3. The van der Waals surface area contributed by atoms with E-state index in [1.54, 1.807) is 42.7 Å². The molecule has 0 saturated heterocycles. The van der Waals surface area contributed by atoms with E-state index < -0.39 is 23.8 Å². The highest BCUT2D eigenvalue weighted by atomic mass is 32.1. The molecule has 1 aliphatic heterocycles. The van der Waals surface area contributed by atoms with E-state index in [1.807, 2.05) is 6.07 Å². The molecule has 4 amide bonds. The molecule has 0 unspecified atom stereocenters. The van der Waals surface area contributed by atoms with E-state index in [2.05, 4.69) is 15.6 Å². The van der Waals surface area contributed by atoms with Crippen LogP contribution in [0.2, 0.25) is 0 Å². The number of amides is 4. The lowest BCUT2D eigenvalue weighted by Gasteiger charge is -2.21. The molecule has 0 saturated carbocycles. The number of rotatable bonds is 6. The summed E-state index contributed by atoms with van der Waals surface area (Å²) in [5.41, 5.74) is 2.87. The Morgan fingerprint density at radius 2 is 1.82 bits per heavy atom. The van der Waals surface area contributed by atoms with E-state index in [0.29, 0.717) is 17.1 Å². The first-order valence-electron chi connectivity index (χ1n) is 11.0. The second kappa shape index (κ2) is 8.83. The number of anilines is 1. The average Bonchev–Trinajstić information content (AvgIpc) is 3.50. The number of carbonyl (C=O) groups excluding carboxylic acids is 4. The number of nitrogens with one attached hydrogen (secondary N) is 2. The molecule has 1 aromatic carbocycles. The summed E-state index contributed by atoms with van der Waals surface area (Å²) in [6, 6.07) is 9.16. The van der Waals surface area contributed by atoms with Gasteiger partial charge in [-0.15, -0.1) is 11.3 Å². The van der Waals surface area contributed by atoms with Crippen molar-refractivity contribution in [2.75, 3.05) is 5.32 Å². The van der Waals surface area contributed by atoms with E-state index in [-0.39, 0.29) is 17.0 Å². The number of imide groups is 1. The lowest BCUT2D eigenvalue weighted by Crippen LogP contribution is -2.45. The van der Waals surface area contributed by atoms with Crippen molar-refractivity contribution in [2.24, 2.45) is 0 Å². The number of benzene rings is 1. The van der Waals surface area contributed by atoms with Crippen molar-refractivity contribution in [1.82, 2.24) is 15.2 Å². The maximum Gasteiger partial charge on any atom is 0.262 e. The number of hydrogen-bond donors (Lipinski definition) is 2. The van der Waals surface area contributed by atoms with Gasteiger partial charge in [0.1, 0.15) is 11.0 Å². The summed E-state index contributed by atoms with van der Waals surface area (Å²) in [5.74, 6) is -1.78. The van der Waals surface area contributed by atoms with Gasteiger partial charge in [-0.25, -0.2) is 0 Å². The largest absolute Gasteiger partial charge is 0.348 e. The fourth-order valence-electron chi connectivity index (χ4n) is 4.40. The van der Waals surface area contributed by atoms with Crippen molar-refractivity contribution < 1.29 is 19.2 Å². The van der Waals surface area contributed by atoms with Gasteiger partial charge < -0.3 is 10.6 Å². The summed E-state index contributed by atoms with van der Waals surface area (Å²) in [5, 5.41) is 6.18. The van der Waals surface area contributed by atoms with Gasteiger partial charge in [0.15, 0.2) is 0 Å². The Balaban J connectivity index is 1.35. The molecule has 2 aliphatic rings. The van der Waals surface area contributed by atoms with Crippen LogP contribution in [-0.2, 0) is 24.2 Å². The number of aryl methyl sites for hydroxylation is 1. The molecule has 172 valence electrons. The zero-order valence-electron chi connectivity index (χ0n) is 18.5. The highest BCUT2D eigenvalue weighted by Gasteiger charge is 2.41. The highest BCUT2D eigenvalue weighted by Crippen LogP contribution is 2.39. The van der Waals surface area contributed by atoms with Crippen molar-refractivity contribution in [3.05, 3.63) is 81.5 Å². The minimum Gasteiger partial charge on any atom is -0.348 e. The normalized spacial score (nSPS) is 15.1. The number of fused-ring (bicyclic) bond motifs is 2. The van der Waals surface area contributed by atoms with Crippen LogP contribution in [-0.4, -0.2) is 39.6 Å². The van der Waals surface area contributed by atoms with Crippen LogP contribution in [0, 0.1) is 0 Å².